The van der Waals surface area contributed by atoms with Gasteiger partial charge in [-0.3, -0.25) is 0 Å². The van der Waals surface area contributed by atoms with E-state index in [1.807, 2.05) is 12.1 Å². The van der Waals surface area contributed by atoms with E-state index in [9.17, 15) is 0 Å². The van der Waals surface area contributed by atoms with E-state index in [-0.39, 0.29) is 0 Å². The highest BCUT2D eigenvalue weighted by Crippen LogP contribution is 2.39. The van der Waals surface area contributed by atoms with E-state index in [0.717, 1.165) is 50.1 Å². The van der Waals surface area contributed by atoms with Crippen molar-refractivity contribution in [2.75, 3.05) is 4.90 Å². The van der Waals surface area contributed by atoms with Gasteiger partial charge in [-0.05, 0) is 60.5 Å². The number of anilines is 3. The van der Waals surface area contributed by atoms with Gasteiger partial charge in [-0.1, -0.05) is 78.9 Å². The van der Waals surface area contributed by atoms with Gasteiger partial charge in [0.1, 0.15) is 11.2 Å². The van der Waals surface area contributed by atoms with Crippen molar-refractivity contribution in [3.05, 3.63) is 127 Å². The van der Waals surface area contributed by atoms with E-state index >= 15 is 0 Å². The van der Waals surface area contributed by atoms with Crippen molar-refractivity contribution in [1.29, 1.82) is 0 Å². The molecule has 0 aliphatic heterocycles. The number of nitrogens with zero attached hydrogens (tertiary/aromatic N) is 1. The molecule has 0 bridgehead atoms. The Hall–Kier alpha value is -4.30. The van der Waals surface area contributed by atoms with Crippen molar-refractivity contribution in [3.63, 3.8) is 0 Å². The number of para-hydroxylation sites is 3. The van der Waals surface area contributed by atoms with Crippen LogP contribution in [0, 0.1) is 6.92 Å². The number of fused-ring (bicyclic) bond motifs is 3. The fourth-order valence-corrected chi connectivity index (χ4v) is 4.58. The van der Waals surface area contributed by atoms with Crippen LogP contribution in [0.4, 0.5) is 17.1 Å². The molecular weight excluding hydrogens is 402 g/mol. The second-order valence-corrected chi connectivity index (χ2v) is 8.34. The molecule has 0 amide bonds. The summed E-state index contributed by atoms with van der Waals surface area (Å²) in [4.78, 5) is 2.30. The molecular formula is C31H23NO. The summed E-state index contributed by atoms with van der Waals surface area (Å²) in [5.41, 5.74) is 8.68. The molecule has 0 atom stereocenters. The molecule has 33 heavy (non-hydrogen) atoms. The topological polar surface area (TPSA) is 16.4 Å². The van der Waals surface area contributed by atoms with Gasteiger partial charge in [0, 0.05) is 33.4 Å². The van der Waals surface area contributed by atoms with Crippen molar-refractivity contribution >= 4 is 39.0 Å². The zero-order valence-corrected chi connectivity index (χ0v) is 18.4. The van der Waals surface area contributed by atoms with Crippen LogP contribution < -0.4 is 4.90 Å². The van der Waals surface area contributed by atoms with Crippen LogP contribution in [-0.2, 0) is 0 Å². The normalized spacial score (nSPS) is 11.2. The van der Waals surface area contributed by atoms with Crippen LogP contribution in [0.2, 0.25) is 0 Å². The molecule has 0 aliphatic carbocycles. The van der Waals surface area contributed by atoms with Gasteiger partial charge in [-0.25, -0.2) is 0 Å². The Bertz CT molecular complexity index is 1580. The summed E-state index contributed by atoms with van der Waals surface area (Å²) >= 11 is 0. The molecule has 158 valence electrons. The minimum Gasteiger partial charge on any atom is -0.455 e. The van der Waals surface area contributed by atoms with Crippen LogP contribution in [0.5, 0.6) is 0 Å². The molecule has 6 aromatic rings. The fourth-order valence-electron chi connectivity index (χ4n) is 4.58. The maximum atomic E-state index is 6.31. The molecule has 1 aromatic heterocycles. The summed E-state index contributed by atoms with van der Waals surface area (Å²) in [5.74, 6) is 0. The molecule has 1 heterocycles. The van der Waals surface area contributed by atoms with Gasteiger partial charge in [-0.2, -0.15) is 0 Å². The molecule has 2 nitrogen and oxygen atoms in total. The van der Waals surface area contributed by atoms with Crippen LogP contribution in [0.15, 0.2) is 126 Å². The average molecular weight is 426 g/mol. The van der Waals surface area contributed by atoms with Crippen LogP contribution in [0.3, 0.4) is 0 Å². The van der Waals surface area contributed by atoms with Crippen molar-refractivity contribution < 1.29 is 4.42 Å². The lowest BCUT2D eigenvalue weighted by Gasteiger charge is -2.26. The van der Waals surface area contributed by atoms with Gasteiger partial charge in [0.25, 0.3) is 0 Å². The molecule has 0 aliphatic rings. The molecule has 0 saturated carbocycles. The maximum absolute atomic E-state index is 6.31. The quantitative estimate of drug-likeness (QED) is 0.280. The third-order valence-corrected chi connectivity index (χ3v) is 6.09. The lowest BCUT2D eigenvalue weighted by Crippen LogP contribution is -2.10. The van der Waals surface area contributed by atoms with Crippen LogP contribution in [0.1, 0.15) is 5.56 Å². The van der Waals surface area contributed by atoms with Crippen molar-refractivity contribution in [2.24, 2.45) is 0 Å². The van der Waals surface area contributed by atoms with E-state index in [4.69, 9.17) is 4.42 Å². The van der Waals surface area contributed by atoms with Crippen LogP contribution in [-0.4, -0.2) is 0 Å². The van der Waals surface area contributed by atoms with Gasteiger partial charge in [-0.15, -0.1) is 0 Å². The van der Waals surface area contributed by atoms with E-state index < -0.39 is 0 Å². The highest BCUT2D eigenvalue weighted by atomic mass is 16.3. The smallest absolute Gasteiger partial charge is 0.143 e. The molecule has 0 fully saturated rings. The molecule has 5 aromatic carbocycles. The second-order valence-electron chi connectivity index (χ2n) is 8.34. The Kier molecular flexibility index (Phi) is 4.70. The minimum absolute atomic E-state index is 0.918. The third-order valence-electron chi connectivity index (χ3n) is 6.09. The van der Waals surface area contributed by atoms with E-state index in [0.29, 0.717) is 0 Å². The molecule has 0 N–H and O–H groups in total. The number of rotatable bonds is 4. The first-order valence-electron chi connectivity index (χ1n) is 11.2. The molecule has 0 unspecified atom stereocenters. The maximum Gasteiger partial charge on any atom is 0.143 e. The highest BCUT2D eigenvalue weighted by molar-refractivity contribution is 6.09. The summed E-state index contributed by atoms with van der Waals surface area (Å²) < 4.78 is 6.31. The molecule has 6 rings (SSSR count). The van der Waals surface area contributed by atoms with Gasteiger partial charge in [0.2, 0.25) is 0 Å². The Labute approximate surface area is 193 Å². The van der Waals surface area contributed by atoms with Crippen LogP contribution >= 0.6 is 0 Å². The van der Waals surface area contributed by atoms with Crippen LogP contribution in [0.25, 0.3) is 33.1 Å². The fraction of sp³-hybridized carbons (Fsp3) is 0.0323. The predicted molar refractivity (Wildman–Crippen MR) is 139 cm³/mol. The summed E-state index contributed by atoms with van der Waals surface area (Å²) in [6, 6.07) is 42.4. The standard InChI is InChI=1S/C31H23NO/c1-22-10-7-14-25(20-22)32(24-12-3-2-4-13-24)26-15-8-11-23(21-26)27-17-9-18-29-28-16-5-6-19-30(28)33-31(27)29/h2-21H,1H3. The number of benzene rings is 5. The lowest BCUT2D eigenvalue weighted by molar-refractivity contribution is 0.670. The van der Waals surface area contributed by atoms with Gasteiger partial charge < -0.3 is 9.32 Å². The Morgan fingerprint density at radius 1 is 0.545 bits per heavy atom. The lowest BCUT2D eigenvalue weighted by atomic mass is 10.0. The Morgan fingerprint density at radius 2 is 1.21 bits per heavy atom. The van der Waals surface area contributed by atoms with Crippen molar-refractivity contribution in [2.45, 2.75) is 6.92 Å². The zero-order valence-electron chi connectivity index (χ0n) is 18.4. The van der Waals surface area contributed by atoms with E-state index in [1.165, 1.54) is 5.56 Å². The number of hydrogen-bond acceptors (Lipinski definition) is 2. The first kappa shape index (κ1) is 19.4. The van der Waals surface area contributed by atoms with E-state index in [2.05, 4.69) is 121 Å². The summed E-state index contributed by atoms with van der Waals surface area (Å²) in [7, 11) is 0. The number of hydrogen-bond donors (Lipinski definition) is 0. The molecule has 0 spiro atoms. The highest BCUT2D eigenvalue weighted by Gasteiger charge is 2.15. The van der Waals surface area contributed by atoms with Gasteiger partial charge in [0.05, 0.1) is 0 Å². The van der Waals surface area contributed by atoms with Gasteiger partial charge >= 0.3 is 0 Å². The predicted octanol–water partition coefficient (Wildman–Crippen LogP) is 9.03. The first-order chi connectivity index (χ1) is 16.3. The molecule has 2 heteroatoms. The second kappa shape index (κ2) is 7.99. The largest absolute Gasteiger partial charge is 0.455 e. The Morgan fingerprint density at radius 3 is 2.06 bits per heavy atom. The van der Waals surface area contributed by atoms with Gasteiger partial charge in [0.15, 0.2) is 0 Å². The first-order valence-corrected chi connectivity index (χ1v) is 11.2. The van der Waals surface area contributed by atoms with Crippen molar-refractivity contribution in [1.82, 2.24) is 0 Å². The minimum atomic E-state index is 0.918. The summed E-state index contributed by atoms with van der Waals surface area (Å²) in [5, 5.41) is 2.29. The monoisotopic (exact) mass is 425 g/mol. The number of aryl methyl sites for hydroxylation is 1. The summed E-state index contributed by atoms with van der Waals surface area (Å²) in [6.45, 7) is 2.13. The SMILES string of the molecule is Cc1cccc(N(c2ccccc2)c2cccc(-c3cccc4c3oc3ccccc34)c2)c1. The molecule has 0 radical (unpaired) electrons. The third kappa shape index (κ3) is 3.46. The number of furan rings is 1. The zero-order chi connectivity index (χ0) is 22.2. The Balaban J connectivity index is 1.54. The summed E-state index contributed by atoms with van der Waals surface area (Å²) in [6.07, 6.45) is 0. The average Bonchev–Trinajstić information content (AvgIpc) is 3.24. The van der Waals surface area contributed by atoms with E-state index in [1.54, 1.807) is 0 Å². The molecule has 0 saturated heterocycles. The van der Waals surface area contributed by atoms with Crippen molar-refractivity contribution in [3.8, 4) is 11.1 Å².